The Morgan fingerprint density at radius 1 is 1.45 bits per heavy atom. The minimum Gasteiger partial charge on any atom is -0.336 e. The van der Waals surface area contributed by atoms with Gasteiger partial charge >= 0.3 is 0 Å². The largest absolute Gasteiger partial charge is 0.336 e. The van der Waals surface area contributed by atoms with Crippen LogP contribution >= 0.6 is 0 Å². The molecule has 1 unspecified atom stereocenters. The number of nitrogens with one attached hydrogen (secondary N) is 2. The van der Waals surface area contributed by atoms with E-state index in [1.54, 1.807) is 24.1 Å². The van der Waals surface area contributed by atoms with Gasteiger partial charge in [0.25, 0.3) is 5.91 Å². The van der Waals surface area contributed by atoms with E-state index in [2.05, 4.69) is 15.6 Å². The molecule has 1 amide bonds. The summed E-state index contributed by atoms with van der Waals surface area (Å²) in [6.45, 7) is 4.13. The summed E-state index contributed by atoms with van der Waals surface area (Å²) in [6.07, 6.45) is 0. The maximum Gasteiger partial charge on any atom is 0.289 e. The fourth-order valence-electron chi connectivity index (χ4n) is 2.14. The zero-order valence-electron chi connectivity index (χ0n) is 11.7. The fourth-order valence-corrected chi connectivity index (χ4v) is 2.14. The van der Waals surface area contributed by atoms with Crippen LogP contribution in [0, 0.1) is 5.82 Å². The van der Waals surface area contributed by atoms with Crippen LogP contribution in [0.25, 0.3) is 0 Å². The molecule has 1 saturated heterocycles. The average Bonchev–Trinajstić information content (AvgIpc) is 2.46. The Kier molecular flexibility index (Phi) is 4.68. The molecule has 20 heavy (non-hydrogen) atoms. The third kappa shape index (κ3) is 3.54. The topological polar surface area (TPSA) is 56.7 Å². The van der Waals surface area contributed by atoms with Crippen LogP contribution < -0.4 is 10.6 Å². The number of hydrogen-bond donors (Lipinski definition) is 2. The Morgan fingerprint density at radius 2 is 2.15 bits per heavy atom. The number of halogens is 1. The van der Waals surface area contributed by atoms with Gasteiger partial charge in [-0.25, -0.2) is 4.39 Å². The lowest BCUT2D eigenvalue weighted by Gasteiger charge is -2.32. The maximum atomic E-state index is 12.9. The summed E-state index contributed by atoms with van der Waals surface area (Å²) in [5.74, 6) is -0.177. The minimum absolute atomic E-state index is 0.134. The van der Waals surface area contributed by atoms with E-state index in [0.29, 0.717) is 18.8 Å². The van der Waals surface area contributed by atoms with E-state index in [9.17, 15) is 9.18 Å². The molecule has 0 spiro atoms. The maximum absolute atomic E-state index is 12.9. The number of aliphatic imine (C=N–C) groups is 1. The standard InChI is InChI=1S/C14H19FN4O/c1-10-9-19(8-7-17-10)14(20)13(16-2)18-12-5-3-11(15)4-6-12/h3-6,10,17H,7-9H2,1-2H3,(H,16,18). The normalized spacial score (nSPS) is 19.9. The van der Waals surface area contributed by atoms with Crippen LogP contribution in [0.2, 0.25) is 0 Å². The highest BCUT2D eigenvalue weighted by Gasteiger charge is 2.24. The van der Waals surface area contributed by atoms with Gasteiger partial charge in [0.1, 0.15) is 5.82 Å². The Hall–Kier alpha value is -1.95. The third-order valence-electron chi connectivity index (χ3n) is 3.19. The Morgan fingerprint density at radius 3 is 2.75 bits per heavy atom. The van der Waals surface area contributed by atoms with E-state index in [0.717, 1.165) is 6.54 Å². The molecule has 0 saturated carbocycles. The van der Waals surface area contributed by atoms with E-state index in [1.807, 2.05) is 6.92 Å². The van der Waals surface area contributed by atoms with Crippen molar-refractivity contribution >= 4 is 17.4 Å². The smallest absolute Gasteiger partial charge is 0.289 e. The lowest BCUT2D eigenvalue weighted by atomic mass is 10.2. The molecule has 1 atom stereocenters. The second-order valence-corrected chi connectivity index (χ2v) is 4.81. The number of benzene rings is 1. The van der Waals surface area contributed by atoms with Crippen LogP contribution in [0.3, 0.4) is 0 Å². The first-order valence-electron chi connectivity index (χ1n) is 6.62. The molecule has 1 heterocycles. The predicted octanol–water partition coefficient (Wildman–Crippen LogP) is 1.09. The summed E-state index contributed by atoms with van der Waals surface area (Å²) >= 11 is 0. The number of piperazine rings is 1. The van der Waals surface area contributed by atoms with Crippen molar-refractivity contribution in [3.8, 4) is 0 Å². The molecule has 108 valence electrons. The third-order valence-corrected chi connectivity index (χ3v) is 3.19. The van der Waals surface area contributed by atoms with E-state index in [-0.39, 0.29) is 23.6 Å². The van der Waals surface area contributed by atoms with Gasteiger partial charge in [-0.2, -0.15) is 0 Å². The highest BCUT2D eigenvalue weighted by molar-refractivity contribution is 6.42. The molecule has 1 aliphatic rings. The van der Waals surface area contributed by atoms with Crippen LogP contribution in [0.1, 0.15) is 6.92 Å². The number of carbonyl (C=O) groups is 1. The molecule has 1 aliphatic heterocycles. The molecular formula is C14H19FN4O. The molecule has 2 N–H and O–H groups in total. The number of hydrogen-bond acceptors (Lipinski definition) is 3. The molecular weight excluding hydrogens is 259 g/mol. The second-order valence-electron chi connectivity index (χ2n) is 4.81. The van der Waals surface area contributed by atoms with Crippen molar-refractivity contribution in [1.82, 2.24) is 10.2 Å². The number of rotatable bonds is 1. The highest BCUT2D eigenvalue weighted by atomic mass is 19.1. The molecule has 1 fully saturated rings. The van der Waals surface area contributed by atoms with Gasteiger partial charge in [0.2, 0.25) is 0 Å². The summed E-state index contributed by atoms with van der Waals surface area (Å²) in [5, 5.41) is 6.22. The van der Waals surface area contributed by atoms with Gasteiger partial charge in [-0.15, -0.1) is 0 Å². The van der Waals surface area contributed by atoms with Crippen molar-refractivity contribution in [2.45, 2.75) is 13.0 Å². The summed E-state index contributed by atoms with van der Waals surface area (Å²) < 4.78 is 12.9. The van der Waals surface area contributed by atoms with E-state index < -0.39 is 0 Å². The van der Waals surface area contributed by atoms with Gasteiger partial charge < -0.3 is 15.5 Å². The number of amides is 1. The highest BCUT2D eigenvalue weighted by Crippen LogP contribution is 2.09. The van der Waals surface area contributed by atoms with Gasteiger partial charge in [0, 0.05) is 38.4 Å². The minimum atomic E-state index is -0.312. The molecule has 0 aliphatic carbocycles. The van der Waals surface area contributed by atoms with Crippen LogP contribution in [-0.2, 0) is 4.79 Å². The lowest BCUT2D eigenvalue weighted by molar-refractivity contribution is -0.125. The van der Waals surface area contributed by atoms with Crippen LogP contribution in [0.5, 0.6) is 0 Å². The summed E-state index contributed by atoms with van der Waals surface area (Å²) in [5.41, 5.74) is 0.642. The van der Waals surface area contributed by atoms with E-state index in [4.69, 9.17) is 0 Å². The summed E-state index contributed by atoms with van der Waals surface area (Å²) in [7, 11) is 1.56. The molecule has 0 bridgehead atoms. The molecule has 5 nitrogen and oxygen atoms in total. The average molecular weight is 278 g/mol. The lowest BCUT2D eigenvalue weighted by Crippen LogP contribution is -2.53. The van der Waals surface area contributed by atoms with Crippen molar-refractivity contribution in [2.75, 3.05) is 32.0 Å². The van der Waals surface area contributed by atoms with E-state index in [1.165, 1.54) is 12.1 Å². The van der Waals surface area contributed by atoms with Crippen molar-refractivity contribution in [3.05, 3.63) is 30.1 Å². The van der Waals surface area contributed by atoms with Crippen molar-refractivity contribution in [3.63, 3.8) is 0 Å². The Labute approximate surface area is 117 Å². The van der Waals surface area contributed by atoms with Crippen LogP contribution in [0.4, 0.5) is 10.1 Å². The van der Waals surface area contributed by atoms with Crippen molar-refractivity contribution in [2.24, 2.45) is 4.99 Å². The zero-order valence-corrected chi connectivity index (χ0v) is 11.7. The quantitative estimate of drug-likeness (QED) is 0.597. The summed E-state index contributed by atoms with van der Waals surface area (Å²) in [6, 6.07) is 6.11. The SMILES string of the molecule is CN=C(Nc1ccc(F)cc1)C(=O)N1CCNC(C)C1. The van der Waals surface area contributed by atoms with Crippen LogP contribution in [0.15, 0.2) is 29.3 Å². The van der Waals surface area contributed by atoms with Gasteiger partial charge in [-0.05, 0) is 31.2 Å². The van der Waals surface area contributed by atoms with Crippen molar-refractivity contribution < 1.29 is 9.18 Å². The number of amidine groups is 1. The predicted molar refractivity (Wildman–Crippen MR) is 77.4 cm³/mol. The molecule has 1 aromatic rings. The van der Waals surface area contributed by atoms with E-state index >= 15 is 0 Å². The summed E-state index contributed by atoms with van der Waals surface area (Å²) in [4.78, 5) is 18.1. The molecule has 0 aromatic heterocycles. The number of anilines is 1. The molecule has 6 heteroatoms. The van der Waals surface area contributed by atoms with Crippen molar-refractivity contribution in [1.29, 1.82) is 0 Å². The molecule has 2 rings (SSSR count). The first-order chi connectivity index (χ1) is 9.60. The second kappa shape index (κ2) is 6.47. The fraction of sp³-hybridized carbons (Fsp3) is 0.429. The first-order valence-corrected chi connectivity index (χ1v) is 6.62. The molecule has 0 radical (unpaired) electrons. The Balaban J connectivity index is 2.04. The monoisotopic (exact) mass is 278 g/mol. The van der Waals surface area contributed by atoms with Gasteiger partial charge in [-0.3, -0.25) is 9.79 Å². The first kappa shape index (κ1) is 14.5. The zero-order chi connectivity index (χ0) is 14.5. The number of carbonyl (C=O) groups excluding carboxylic acids is 1. The van der Waals surface area contributed by atoms with Gasteiger partial charge in [-0.1, -0.05) is 0 Å². The van der Waals surface area contributed by atoms with Gasteiger partial charge in [0.15, 0.2) is 5.84 Å². The van der Waals surface area contributed by atoms with Gasteiger partial charge in [0.05, 0.1) is 0 Å². The Bertz CT molecular complexity index is 500. The van der Waals surface area contributed by atoms with Crippen LogP contribution in [-0.4, -0.2) is 49.4 Å². The molecule has 1 aromatic carbocycles. The number of nitrogens with zero attached hydrogens (tertiary/aromatic N) is 2.